The third kappa shape index (κ3) is 11.3. The van der Waals surface area contributed by atoms with E-state index in [1.807, 2.05) is 11.4 Å². The molecular weight excluding hydrogens is 471 g/mol. The van der Waals surface area contributed by atoms with Crippen LogP contribution >= 0.6 is 0 Å². The van der Waals surface area contributed by atoms with E-state index < -0.39 is 30.5 Å². The highest BCUT2D eigenvalue weighted by molar-refractivity contribution is 5.82. The van der Waals surface area contributed by atoms with Crippen molar-refractivity contribution in [3.63, 3.8) is 0 Å². The fourth-order valence-corrected chi connectivity index (χ4v) is 4.21. The molecule has 0 saturated carbocycles. The van der Waals surface area contributed by atoms with Crippen molar-refractivity contribution in [3.8, 4) is 5.75 Å². The van der Waals surface area contributed by atoms with Crippen LogP contribution in [-0.4, -0.2) is 37.9 Å². The lowest BCUT2D eigenvalue weighted by Crippen LogP contribution is -2.53. The molecule has 1 aliphatic heterocycles. The first-order valence-electron chi connectivity index (χ1n) is 13.3. The van der Waals surface area contributed by atoms with Crippen LogP contribution in [0, 0.1) is 0 Å². The van der Waals surface area contributed by atoms with E-state index in [-0.39, 0.29) is 6.61 Å². The van der Waals surface area contributed by atoms with Gasteiger partial charge in [0.1, 0.15) is 11.9 Å². The maximum Gasteiger partial charge on any atom is 0.471 e. The van der Waals surface area contributed by atoms with E-state index in [1.165, 1.54) is 57.8 Å². The number of hydrogen-bond acceptors (Lipinski definition) is 4. The number of benzene rings is 1. The van der Waals surface area contributed by atoms with Crippen molar-refractivity contribution in [1.82, 2.24) is 5.32 Å². The highest BCUT2D eigenvalue weighted by atomic mass is 19.4. The van der Waals surface area contributed by atoms with Crippen LogP contribution in [0.1, 0.15) is 95.8 Å². The summed E-state index contributed by atoms with van der Waals surface area (Å²) in [6, 6.07) is 6.16. The number of halogens is 3. The molecule has 0 bridgehead atoms. The molecule has 5 nitrogen and oxygen atoms in total. The minimum atomic E-state index is -4.96. The van der Waals surface area contributed by atoms with Gasteiger partial charge < -0.3 is 19.5 Å². The van der Waals surface area contributed by atoms with Gasteiger partial charge in [0, 0.05) is 5.56 Å². The minimum absolute atomic E-state index is 0.0913. The summed E-state index contributed by atoms with van der Waals surface area (Å²) in [5, 5.41) is 2.01. The number of ether oxygens (including phenoxy) is 3. The second-order valence-electron chi connectivity index (χ2n) is 9.37. The Kier molecular flexibility index (Phi) is 13.9. The van der Waals surface area contributed by atoms with Gasteiger partial charge in [0.15, 0.2) is 6.29 Å². The van der Waals surface area contributed by atoms with E-state index >= 15 is 0 Å². The lowest BCUT2D eigenvalue weighted by molar-refractivity contribution is -0.220. The van der Waals surface area contributed by atoms with Crippen LogP contribution in [0.15, 0.2) is 36.4 Å². The highest BCUT2D eigenvalue weighted by Crippen LogP contribution is 2.29. The van der Waals surface area contributed by atoms with E-state index in [0.717, 1.165) is 24.8 Å². The zero-order valence-electron chi connectivity index (χ0n) is 21.7. The van der Waals surface area contributed by atoms with Gasteiger partial charge in [0.05, 0.1) is 19.8 Å². The van der Waals surface area contributed by atoms with E-state index in [0.29, 0.717) is 5.75 Å². The van der Waals surface area contributed by atoms with Crippen molar-refractivity contribution in [2.45, 2.75) is 109 Å². The van der Waals surface area contributed by atoms with Crippen LogP contribution in [-0.2, 0) is 14.3 Å². The Morgan fingerprint density at radius 3 is 2.14 bits per heavy atom. The number of unbranched alkanes of at least 4 members (excludes halogenated alkanes) is 11. The molecule has 1 fully saturated rings. The monoisotopic (exact) mass is 513 g/mol. The predicted molar refractivity (Wildman–Crippen MR) is 135 cm³/mol. The van der Waals surface area contributed by atoms with Crippen LogP contribution in [0.25, 0.3) is 0 Å². The van der Waals surface area contributed by atoms with Crippen molar-refractivity contribution in [3.05, 3.63) is 42.0 Å². The molecule has 1 saturated heterocycles. The first kappa shape index (κ1) is 30.2. The molecule has 1 aromatic rings. The molecule has 36 heavy (non-hydrogen) atoms. The highest BCUT2D eigenvalue weighted by Gasteiger charge is 2.42. The van der Waals surface area contributed by atoms with Crippen LogP contribution in [0.5, 0.6) is 5.75 Å². The predicted octanol–water partition coefficient (Wildman–Crippen LogP) is 7.41. The van der Waals surface area contributed by atoms with Crippen LogP contribution in [0.4, 0.5) is 13.2 Å². The molecule has 8 heteroatoms. The normalized spacial score (nSPS) is 20.5. The Labute approximate surface area is 213 Å². The molecule has 1 amide bonds. The molecule has 0 aliphatic carbocycles. The second kappa shape index (κ2) is 16.6. The van der Waals surface area contributed by atoms with Crippen molar-refractivity contribution < 1.29 is 32.2 Å². The summed E-state index contributed by atoms with van der Waals surface area (Å²) in [5.41, 5.74) is 0.722. The number of methoxy groups -OCH3 is 1. The van der Waals surface area contributed by atoms with Gasteiger partial charge in [-0.15, -0.1) is 0 Å². The van der Waals surface area contributed by atoms with Gasteiger partial charge in [-0.1, -0.05) is 95.4 Å². The largest absolute Gasteiger partial charge is 0.497 e. The molecule has 0 radical (unpaired) electrons. The van der Waals surface area contributed by atoms with Gasteiger partial charge in [-0.25, -0.2) is 0 Å². The lowest BCUT2D eigenvalue weighted by Gasteiger charge is -2.36. The number of nitrogens with one attached hydrogen (secondary N) is 1. The topological polar surface area (TPSA) is 56.8 Å². The average Bonchev–Trinajstić information content (AvgIpc) is 2.87. The molecule has 204 valence electrons. The first-order chi connectivity index (χ1) is 17.3. The molecule has 0 spiro atoms. The van der Waals surface area contributed by atoms with Crippen molar-refractivity contribution in [2.24, 2.45) is 0 Å². The summed E-state index contributed by atoms with van der Waals surface area (Å²) in [6.45, 7) is 2.14. The number of carbonyl (C=O) groups is 1. The quantitative estimate of drug-likeness (QED) is 0.185. The molecule has 1 aliphatic rings. The minimum Gasteiger partial charge on any atom is -0.497 e. The van der Waals surface area contributed by atoms with Gasteiger partial charge in [-0.2, -0.15) is 13.2 Å². The maximum absolute atomic E-state index is 12.8. The first-order valence-corrected chi connectivity index (χ1v) is 13.3. The summed E-state index contributed by atoms with van der Waals surface area (Å²) >= 11 is 0. The smallest absolute Gasteiger partial charge is 0.471 e. The van der Waals surface area contributed by atoms with Crippen molar-refractivity contribution in [2.75, 3.05) is 13.7 Å². The van der Waals surface area contributed by atoms with E-state index in [2.05, 4.69) is 6.92 Å². The zero-order valence-corrected chi connectivity index (χ0v) is 21.7. The van der Waals surface area contributed by atoms with Gasteiger partial charge >= 0.3 is 12.1 Å². The maximum atomic E-state index is 12.8. The van der Waals surface area contributed by atoms with Crippen molar-refractivity contribution in [1.29, 1.82) is 0 Å². The number of carbonyl (C=O) groups excluding carboxylic acids is 1. The Bertz CT molecular complexity index is 767. The van der Waals surface area contributed by atoms with Crippen LogP contribution in [0.2, 0.25) is 0 Å². The van der Waals surface area contributed by atoms with Crippen LogP contribution in [0.3, 0.4) is 0 Å². The fourth-order valence-electron chi connectivity index (χ4n) is 4.21. The molecule has 3 atom stereocenters. The number of alkyl halides is 3. The SMILES string of the molecule is CCCCCCCCCCCCC/C=C/[C@@H]1OC(c2ccc(OC)cc2)OC[C@H]1NC(=O)C(F)(F)F. The van der Waals surface area contributed by atoms with Gasteiger partial charge in [-0.3, -0.25) is 4.79 Å². The van der Waals surface area contributed by atoms with E-state index in [9.17, 15) is 18.0 Å². The summed E-state index contributed by atoms with van der Waals surface area (Å²) in [7, 11) is 1.56. The standard InChI is InChI=1S/C28H42F3NO4/c1-3-4-5-6-7-8-9-10-11-12-13-14-15-16-25-24(32-27(33)28(29,30)31)21-35-26(36-25)22-17-19-23(34-2)20-18-22/h15-20,24-26H,3-14,21H2,1-2H3,(H,32,33)/b16-15+/t24-,25+,26?/m1/s1. The van der Waals surface area contributed by atoms with Gasteiger partial charge in [0.25, 0.3) is 0 Å². The number of amides is 1. The number of hydrogen-bond donors (Lipinski definition) is 1. The lowest BCUT2D eigenvalue weighted by atomic mass is 10.0. The molecule has 1 N–H and O–H groups in total. The van der Waals surface area contributed by atoms with E-state index in [4.69, 9.17) is 14.2 Å². The molecule has 1 unspecified atom stereocenters. The Morgan fingerprint density at radius 2 is 1.58 bits per heavy atom. The average molecular weight is 514 g/mol. The summed E-state index contributed by atoms with van der Waals surface area (Å²) < 4.78 is 55.1. The summed E-state index contributed by atoms with van der Waals surface area (Å²) in [5.74, 6) is -1.32. The summed E-state index contributed by atoms with van der Waals surface area (Å²) in [6.07, 6.45) is 11.9. The van der Waals surface area contributed by atoms with Gasteiger partial charge in [-0.05, 0) is 25.0 Å². The molecule has 0 aromatic heterocycles. The third-order valence-corrected chi connectivity index (χ3v) is 6.37. The number of rotatable bonds is 16. The molecule has 1 aromatic carbocycles. The molecule has 1 heterocycles. The number of allylic oxidation sites excluding steroid dienone is 1. The van der Waals surface area contributed by atoms with Crippen molar-refractivity contribution >= 4 is 5.91 Å². The zero-order chi connectivity index (χ0) is 26.2. The van der Waals surface area contributed by atoms with E-state index in [1.54, 1.807) is 37.5 Å². The Balaban J connectivity index is 1.79. The molecular formula is C28H42F3NO4. The summed E-state index contributed by atoms with van der Waals surface area (Å²) in [4.78, 5) is 11.5. The van der Waals surface area contributed by atoms with Gasteiger partial charge in [0.2, 0.25) is 0 Å². The Morgan fingerprint density at radius 1 is 1.00 bits per heavy atom. The second-order valence-corrected chi connectivity index (χ2v) is 9.37. The third-order valence-electron chi connectivity index (χ3n) is 6.37. The Hall–Kier alpha value is -2.06. The molecule has 2 rings (SSSR count). The van der Waals surface area contributed by atoms with Crippen LogP contribution < -0.4 is 10.1 Å². The fraction of sp³-hybridized carbons (Fsp3) is 0.679.